The molecule has 0 saturated heterocycles. The molecule has 1 N–H and O–H groups in total. The van der Waals surface area contributed by atoms with Gasteiger partial charge in [0.2, 0.25) is 11.6 Å². The third kappa shape index (κ3) is 3.99. The Morgan fingerprint density at radius 1 is 1.35 bits per heavy atom. The van der Waals surface area contributed by atoms with Gasteiger partial charge in [-0.3, -0.25) is 14.9 Å². The summed E-state index contributed by atoms with van der Waals surface area (Å²) in [7, 11) is 3.66. The van der Waals surface area contributed by atoms with E-state index in [0.29, 0.717) is 29.6 Å². The summed E-state index contributed by atoms with van der Waals surface area (Å²) in [6, 6.07) is 4.65. The summed E-state index contributed by atoms with van der Waals surface area (Å²) in [6.45, 7) is 7.73. The van der Waals surface area contributed by atoms with Crippen LogP contribution in [0.4, 0.5) is 23.1 Å². The van der Waals surface area contributed by atoms with Crippen LogP contribution in [0.5, 0.6) is 0 Å². The molecule has 1 fully saturated rings. The van der Waals surface area contributed by atoms with Gasteiger partial charge < -0.3 is 15.1 Å². The molecule has 10 heteroatoms. The van der Waals surface area contributed by atoms with Crippen molar-refractivity contribution in [2.75, 3.05) is 24.3 Å². The molecule has 1 aromatic carbocycles. The van der Waals surface area contributed by atoms with Gasteiger partial charge in [-0.15, -0.1) is 0 Å². The van der Waals surface area contributed by atoms with Crippen molar-refractivity contribution < 1.29 is 9.72 Å². The lowest BCUT2D eigenvalue weighted by molar-refractivity contribution is -0.384. The Labute approximate surface area is 179 Å². The van der Waals surface area contributed by atoms with E-state index in [1.54, 1.807) is 11.0 Å². The third-order valence-electron chi connectivity index (χ3n) is 5.85. The lowest BCUT2D eigenvalue weighted by Crippen LogP contribution is -2.42. The van der Waals surface area contributed by atoms with Crippen molar-refractivity contribution in [3.8, 4) is 0 Å². The minimum atomic E-state index is -0.474. The molecule has 1 saturated carbocycles. The molecule has 31 heavy (non-hydrogen) atoms. The molecule has 0 radical (unpaired) electrons. The van der Waals surface area contributed by atoms with Gasteiger partial charge in [-0.2, -0.15) is 0 Å². The number of aromatic nitrogens is 2. The van der Waals surface area contributed by atoms with Gasteiger partial charge in [0.15, 0.2) is 0 Å². The Morgan fingerprint density at radius 2 is 2.16 bits per heavy atom. The SMILES string of the molecule is [C-]#[N+]c1cnc(N[C@@H]2CCC[C@H](N3Cc4ccc([N+](=O)[O-])cc4C3=O)C2)nc1N(C)C. The number of non-ortho nitro benzene ring substituents is 1. The second-order valence-electron chi connectivity index (χ2n) is 8.10. The van der Waals surface area contributed by atoms with Crippen molar-refractivity contribution in [1.82, 2.24) is 14.9 Å². The first-order valence-electron chi connectivity index (χ1n) is 10.1. The van der Waals surface area contributed by atoms with Crippen LogP contribution in [0.15, 0.2) is 24.4 Å². The average Bonchev–Trinajstić information content (AvgIpc) is 3.09. The zero-order valence-electron chi connectivity index (χ0n) is 17.4. The number of nitrogens with one attached hydrogen (secondary N) is 1. The highest BCUT2D eigenvalue weighted by molar-refractivity contribution is 5.99. The third-order valence-corrected chi connectivity index (χ3v) is 5.85. The van der Waals surface area contributed by atoms with Gasteiger partial charge in [-0.25, -0.2) is 14.8 Å². The van der Waals surface area contributed by atoms with E-state index in [-0.39, 0.29) is 23.7 Å². The molecular formula is C21H23N7O3. The maximum absolute atomic E-state index is 13.0. The maximum Gasteiger partial charge on any atom is 0.270 e. The topological polar surface area (TPSA) is 109 Å². The summed E-state index contributed by atoms with van der Waals surface area (Å²) in [5.74, 6) is 0.886. The minimum absolute atomic E-state index is 0.0426. The first-order valence-corrected chi connectivity index (χ1v) is 10.1. The number of anilines is 2. The standard InChI is InChI=1S/C21H23N7O3/c1-22-18-11-23-21(25-19(18)26(2)3)24-14-5-4-6-15(9-14)27-12-13-7-8-16(28(30)31)10-17(13)20(27)29/h7-8,10-11,14-15H,4-6,9,12H2,2-3H3,(H,23,24,25)/t14-,15+/m1/s1. The molecule has 0 unspecified atom stereocenters. The van der Waals surface area contributed by atoms with Gasteiger partial charge in [0.1, 0.15) is 5.82 Å². The van der Waals surface area contributed by atoms with Crippen LogP contribution < -0.4 is 10.2 Å². The Hall–Kier alpha value is -3.74. The Morgan fingerprint density at radius 3 is 2.87 bits per heavy atom. The fourth-order valence-corrected chi connectivity index (χ4v) is 4.32. The van der Waals surface area contributed by atoms with E-state index in [1.807, 2.05) is 19.0 Å². The Bertz CT molecular complexity index is 1080. The van der Waals surface area contributed by atoms with E-state index in [9.17, 15) is 14.9 Å². The largest absolute Gasteiger partial charge is 0.371 e. The zero-order valence-corrected chi connectivity index (χ0v) is 17.4. The number of hydrogen-bond acceptors (Lipinski definition) is 7. The van der Waals surface area contributed by atoms with E-state index in [4.69, 9.17) is 6.57 Å². The predicted octanol–water partition coefficient (Wildman–Crippen LogP) is 3.38. The van der Waals surface area contributed by atoms with Crippen LogP contribution in [0.2, 0.25) is 0 Å². The van der Waals surface area contributed by atoms with E-state index < -0.39 is 4.92 Å². The number of hydrogen-bond donors (Lipinski definition) is 1. The van der Waals surface area contributed by atoms with Crippen LogP contribution in [0, 0.1) is 16.7 Å². The molecule has 0 bridgehead atoms. The fourth-order valence-electron chi connectivity index (χ4n) is 4.32. The lowest BCUT2D eigenvalue weighted by atomic mass is 9.90. The number of amides is 1. The van der Waals surface area contributed by atoms with Crippen LogP contribution >= 0.6 is 0 Å². The van der Waals surface area contributed by atoms with Crippen molar-refractivity contribution in [1.29, 1.82) is 0 Å². The highest BCUT2D eigenvalue weighted by atomic mass is 16.6. The number of carbonyl (C=O) groups excluding carboxylic acids is 1. The summed E-state index contributed by atoms with van der Waals surface area (Å²) >= 11 is 0. The molecule has 2 aliphatic rings. The second-order valence-corrected chi connectivity index (χ2v) is 8.10. The summed E-state index contributed by atoms with van der Waals surface area (Å²) in [5, 5.41) is 14.4. The highest BCUT2D eigenvalue weighted by Gasteiger charge is 2.36. The van der Waals surface area contributed by atoms with Crippen molar-refractivity contribution in [3.05, 3.63) is 57.1 Å². The molecule has 1 aliphatic carbocycles. The minimum Gasteiger partial charge on any atom is -0.371 e. The van der Waals surface area contributed by atoms with E-state index in [0.717, 1.165) is 31.2 Å². The van der Waals surface area contributed by atoms with Crippen LogP contribution in [0.25, 0.3) is 4.85 Å². The fraction of sp³-hybridized carbons (Fsp3) is 0.429. The van der Waals surface area contributed by atoms with Gasteiger partial charge in [0, 0.05) is 51.1 Å². The number of nitro groups is 1. The molecule has 1 amide bonds. The van der Waals surface area contributed by atoms with Crippen molar-refractivity contribution >= 4 is 29.0 Å². The maximum atomic E-state index is 13.0. The van der Waals surface area contributed by atoms with E-state index in [1.165, 1.54) is 18.3 Å². The number of rotatable bonds is 5. The van der Waals surface area contributed by atoms with Crippen LogP contribution in [0.1, 0.15) is 41.6 Å². The number of carbonyl (C=O) groups is 1. The Kier molecular flexibility index (Phi) is 5.42. The first-order chi connectivity index (χ1) is 14.9. The summed E-state index contributed by atoms with van der Waals surface area (Å²) in [5.41, 5.74) is 1.60. The molecular weight excluding hydrogens is 398 g/mol. The highest BCUT2D eigenvalue weighted by Crippen LogP contribution is 2.34. The zero-order chi connectivity index (χ0) is 22.1. The van der Waals surface area contributed by atoms with Gasteiger partial charge in [0.05, 0.1) is 17.1 Å². The molecule has 1 aromatic heterocycles. The van der Waals surface area contributed by atoms with E-state index >= 15 is 0 Å². The normalized spacial score (nSPS) is 20.2. The molecule has 1 aliphatic heterocycles. The Balaban J connectivity index is 1.47. The van der Waals surface area contributed by atoms with Crippen LogP contribution in [0.3, 0.4) is 0 Å². The molecule has 160 valence electrons. The number of nitrogens with zero attached hydrogens (tertiary/aromatic N) is 6. The predicted molar refractivity (Wildman–Crippen MR) is 115 cm³/mol. The van der Waals surface area contributed by atoms with Gasteiger partial charge in [0.25, 0.3) is 11.6 Å². The summed E-state index contributed by atoms with van der Waals surface area (Å²) in [4.78, 5) is 39.4. The van der Waals surface area contributed by atoms with Crippen LogP contribution in [-0.4, -0.2) is 51.9 Å². The molecule has 4 rings (SSSR count). The molecule has 2 atom stereocenters. The van der Waals surface area contributed by atoms with Crippen LogP contribution in [-0.2, 0) is 6.54 Å². The monoisotopic (exact) mass is 421 g/mol. The van der Waals surface area contributed by atoms with Gasteiger partial charge >= 0.3 is 0 Å². The molecule has 2 heterocycles. The van der Waals surface area contributed by atoms with Gasteiger partial charge in [-0.05, 0) is 37.3 Å². The van der Waals surface area contributed by atoms with E-state index in [2.05, 4.69) is 20.1 Å². The second kappa shape index (κ2) is 8.18. The van der Waals surface area contributed by atoms with Crippen molar-refractivity contribution in [2.24, 2.45) is 0 Å². The number of fused-ring (bicyclic) bond motifs is 1. The van der Waals surface area contributed by atoms with Crippen molar-refractivity contribution in [2.45, 2.75) is 44.3 Å². The smallest absolute Gasteiger partial charge is 0.270 e. The molecule has 0 spiro atoms. The van der Waals surface area contributed by atoms with Gasteiger partial charge in [-0.1, -0.05) is 0 Å². The lowest BCUT2D eigenvalue weighted by Gasteiger charge is -2.35. The van der Waals surface area contributed by atoms with Crippen molar-refractivity contribution in [3.63, 3.8) is 0 Å². The number of benzene rings is 1. The number of nitro benzene ring substituents is 1. The molecule has 2 aromatic rings. The first kappa shape index (κ1) is 20.5. The average molecular weight is 421 g/mol. The summed E-state index contributed by atoms with van der Waals surface area (Å²) in [6.07, 6.45) is 5.03. The molecule has 10 nitrogen and oxygen atoms in total. The quantitative estimate of drug-likeness (QED) is 0.448. The summed E-state index contributed by atoms with van der Waals surface area (Å²) < 4.78 is 0.